The summed E-state index contributed by atoms with van der Waals surface area (Å²) >= 11 is 2.23. The van der Waals surface area contributed by atoms with Crippen molar-refractivity contribution in [2.45, 2.75) is 26.8 Å². The van der Waals surface area contributed by atoms with E-state index in [0.29, 0.717) is 0 Å². The van der Waals surface area contributed by atoms with Crippen molar-refractivity contribution in [2.24, 2.45) is 0 Å². The van der Waals surface area contributed by atoms with Gasteiger partial charge in [0.1, 0.15) is 0 Å². The number of halogens is 1. The first-order chi connectivity index (χ1) is 6.95. The molecule has 0 bridgehead atoms. The highest BCUT2D eigenvalue weighted by Gasteiger charge is 2.17. The van der Waals surface area contributed by atoms with E-state index in [4.69, 9.17) is 0 Å². The maximum Gasteiger partial charge on any atom is 0.254 e. The van der Waals surface area contributed by atoms with E-state index in [1.807, 2.05) is 46.0 Å². The lowest BCUT2D eigenvalue weighted by Gasteiger charge is -2.22. The van der Waals surface area contributed by atoms with E-state index in [-0.39, 0.29) is 11.9 Å². The molecule has 0 saturated heterocycles. The Labute approximate surface area is 105 Å². The van der Waals surface area contributed by atoms with Gasteiger partial charge in [-0.1, -0.05) is 12.1 Å². The van der Waals surface area contributed by atoms with Gasteiger partial charge < -0.3 is 4.90 Å². The van der Waals surface area contributed by atoms with E-state index in [0.717, 1.165) is 14.7 Å². The maximum atomic E-state index is 12.1. The quantitative estimate of drug-likeness (QED) is 0.768. The normalized spacial score (nSPS) is 10.5. The maximum absolute atomic E-state index is 12.1. The summed E-state index contributed by atoms with van der Waals surface area (Å²) in [6, 6.07) is 6.07. The molecule has 0 aliphatic rings. The largest absolute Gasteiger partial charge is 0.339 e. The molecule has 1 amide bonds. The summed E-state index contributed by atoms with van der Waals surface area (Å²) in [7, 11) is 1.84. The predicted octanol–water partition coefficient (Wildman–Crippen LogP) is 3.08. The van der Waals surface area contributed by atoms with E-state index < -0.39 is 0 Å². The molecule has 0 radical (unpaired) electrons. The molecule has 0 aliphatic carbocycles. The fourth-order valence-electron chi connectivity index (χ4n) is 1.24. The third kappa shape index (κ3) is 2.71. The van der Waals surface area contributed by atoms with Crippen molar-refractivity contribution < 1.29 is 4.79 Å². The topological polar surface area (TPSA) is 20.3 Å². The van der Waals surface area contributed by atoms with Crippen molar-refractivity contribution in [3.05, 3.63) is 32.9 Å². The molecule has 0 heterocycles. The van der Waals surface area contributed by atoms with Crippen LogP contribution in [-0.4, -0.2) is 23.9 Å². The molecule has 0 N–H and O–H groups in total. The van der Waals surface area contributed by atoms with Gasteiger partial charge in [-0.2, -0.15) is 0 Å². The highest BCUT2D eigenvalue weighted by Crippen LogP contribution is 2.18. The fourth-order valence-corrected chi connectivity index (χ4v) is 1.83. The molecule has 1 rings (SSSR count). The van der Waals surface area contributed by atoms with Crippen LogP contribution in [0.25, 0.3) is 0 Å². The van der Waals surface area contributed by atoms with Gasteiger partial charge in [0.15, 0.2) is 0 Å². The van der Waals surface area contributed by atoms with Crippen molar-refractivity contribution in [1.29, 1.82) is 0 Å². The summed E-state index contributed by atoms with van der Waals surface area (Å²) in [5.74, 6) is 0.0955. The van der Waals surface area contributed by atoms with Gasteiger partial charge in [0.25, 0.3) is 5.91 Å². The van der Waals surface area contributed by atoms with Gasteiger partial charge in [-0.3, -0.25) is 4.79 Å². The lowest BCUT2D eigenvalue weighted by Crippen LogP contribution is -2.33. The second-order valence-corrected chi connectivity index (χ2v) is 5.03. The summed E-state index contributed by atoms with van der Waals surface area (Å²) in [4.78, 5) is 13.8. The van der Waals surface area contributed by atoms with Crippen LogP contribution in [0.4, 0.5) is 0 Å². The third-order valence-corrected chi connectivity index (χ3v) is 3.95. The van der Waals surface area contributed by atoms with Crippen molar-refractivity contribution >= 4 is 28.5 Å². The molecule has 1 aromatic carbocycles. The number of aryl methyl sites for hydroxylation is 1. The summed E-state index contributed by atoms with van der Waals surface area (Å²) in [5, 5.41) is 0. The lowest BCUT2D eigenvalue weighted by molar-refractivity contribution is 0.0754. The van der Waals surface area contributed by atoms with Gasteiger partial charge in [-0.15, -0.1) is 0 Å². The SMILES string of the molecule is Cc1cccc(C(=O)N(C)C(C)C)c1I. The standard InChI is InChI=1S/C12H16INO/c1-8(2)14(4)12(15)10-7-5-6-9(3)11(10)13/h5-8H,1-4H3. The Morgan fingerprint density at radius 1 is 1.40 bits per heavy atom. The van der Waals surface area contributed by atoms with Crippen molar-refractivity contribution in [3.63, 3.8) is 0 Å². The number of rotatable bonds is 2. The molecular weight excluding hydrogens is 301 g/mol. The molecule has 0 aliphatic heterocycles. The van der Waals surface area contributed by atoms with Crippen LogP contribution in [0.15, 0.2) is 18.2 Å². The van der Waals surface area contributed by atoms with E-state index in [9.17, 15) is 4.79 Å². The number of nitrogens with zero attached hydrogens (tertiary/aromatic N) is 1. The first kappa shape index (κ1) is 12.5. The Morgan fingerprint density at radius 3 is 2.53 bits per heavy atom. The molecule has 0 spiro atoms. The van der Waals surface area contributed by atoms with Crippen LogP contribution in [0.5, 0.6) is 0 Å². The average Bonchev–Trinajstić information content (AvgIpc) is 2.20. The van der Waals surface area contributed by atoms with Crippen LogP contribution in [0.3, 0.4) is 0 Å². The molecule has 0 aromatic heterocycles. The summed E-state index contributed by atoms with van der Waals surface area (Å²) in [5.41, 5.74) is 1.95. The number of benzene rings is 1. The van der Waals surface area contributed by atoms with Crippen molar-refractivity contribution in [2.75, 3.05) is 7.05 Å². The number of carbonyl (C=O) groups excluding carboxylic acids is 1. The number of amides is 1. The number of carbonyl (C=O) groups is 1. The lowest BCUT2D eigenvalue weighted by atomic mass is 10.1. The minimum atomic E-state index is 0.0955. The van der Waals surface area contributed by atoms with E-state index >= 15 is 0 Å². The first-order valence-electron chi connectivity index (χ1n) is 4.97. The van der Waals surface area contributed by atoms with Gasteiger partial charge in [0.2, 0.25) is 0 Å². The average molecular weight is 317 g/mol. The zero-order valence-electron chi connectivity index (χ0n) is 9.54. The first-order valence-corrected chi connectivity index (χ1v) is 6.05. The second kappa shape index (κ2) is 4.96. The minimum Gasteiger partial charge on any atom is -0.339 e. The Kier molecular flexibility index (Phi) is 4.13. The zero-order valence-corrected chi connectivity index (χ0v) is 11.7. The molecule has 1 aromatic rings. The molecule has 3 heteroatoms. The van der Waals surface area contributed by atoms with Crippen LogP contribution in [0.1, 0.15) is 29.8 Å². The highest BCUT2D eigenvalue weighted by molar-refractivity contribution is 14.1. The predicted molar refractivity (Wildman–Crippen MR) is 71.1 cm³/mol. The van der Waals surface area contributed by atoms with Gasteiger partial charge in [-0.25, -0.2) is 0 Å². The molecule has 82 valence electrons. The Morgan fingerprint density at radius 2 is 2.00 bits per heavy atom. The fraction of sp³-hybridized carbons (Fsp3) is 0.417. The number of hydrogen-bond donors (Lipinski definition) is 0. The smallest absolute Gasteiger partial charge is 0.254 e. The summed E-state index contributed by atoms with van der Waals surface area (Å²) in [6.07, 6.45) is 0. The van der Waals surface area contributed by atoms with Crippen molar-refractivity contribution in [3.8, 4) is 0 Å². The zero-order chi connectivity index (χ0) is 11.6. The summed E-state index contributed by atoms with van der Waals surface area (Å²) < 4.78 is 1.05. The van der Waals surface area contributed by atoms with Crippen molar-refractivity contribution in [1.82, 2.24) is 4.90 Å². The van der Waals surface area contributed by atoms with Crippen LogP contribution in [0, 0.1) is 10.5 Å². The monoisotopic (exact) mass is 317 g/mol. The van der Waals surface area contributed by atoms with Gasteiger partial charge in [-0.05, 0) is 55.0 Å². The van der Waals surface area contributed by atoms with E-state index in [1.165, 1.54) is 0 Å². The van der Waals surface area contributed by atoms with Crippen LogP contribution in [-0.2, 0) is 0 Å². The second-order valence-electron chi connectivity index (χ2n) is 3.95. The number of hydrogen-bond acceptors (Lipinski definition) is 1. The molecular formula is C12H16INO. The van der Waals surface area contributed by atoms with Gasteiger partial charge >= 0.3 is 0 Å². The van der Waals surface area contributed by atoms with Crippen LogP contribution >= 0.6 is 22.6 Å². The molecule has 15 heavy (non-hydrogen) atoms. The van der Waals surface area contributed by atoms with Crippen LogP contribution in [0.2, 0.25) is 0 Å². The molecule has 0 fully saturated rings. The Balaban J connectivity index is 3.07. The molecule has 0 saturated carbocycles. The molecule has 0 unspecified atom stereocenters. The molecule has 0 atom stereocenters. The highest BCUT2D eigenvalue weighted by atomic mass is 127. The third-order valence-electron chi connectivity index (χ3n) is 2.52. The summed E-state index contributed by atoms with van der Waals surface area (Å²) in [6.45, 7) is 6.05. The Hall–Kier alpha value is -0.580. The van der Waals surface area contributed by atoms with Crippen LogP contribution < -0.4 is 0 Å². The van der Waals surface area contributed by atoms with E-state index in [2.05, 4.69) is 22.6 Å². The Bertz CT molecular complexity index is 374. The van der Waals surface area contributed by atoms with Gasteiger partial charge in [0.05, 0.1) is 5.56 Å². The van der Waals surface area contributed by atoms with E-state index in [1.54, 1.807) is 4.90 Å². The molecule has 2 nitrogen and oxygen atoms in total. The van der Waals surface area contributed by atoms with Gasteiger partial charge in [0, 0.05) is 16.7 Å². The minimum absolute atomic E-state index is 0.0955.